The number of carbonyl (C=O) groups is 2. The standard InChI is InChI=1S/C15H15N3O3/c1-9-12(8-16-17-9)14(19)18-7-3-5-10-11(15(20)21)4-2-6-13(10)18/h2,4,6,8H,3,5,7H2,1H3,(H,16,17)(H,20,21). The van der Waals surface area contributed by atoms with Crippen molar-refractivity contribution in [1.29, 1.82) is 0 Å². The number of anilines is 1. The molecule has 0 atom stereocenters. The highest BCUT2D eigenvalue weighted by molar-refractivity contribution is 6.08. The number of rotatable bonds is 2. The number of carboxylic acid groups (broad SMARTS) is 1. The fourth-order valence-corrected chi connectivity index (χ4v) is 2.75. The first-order chi connectivity index (χ1) is 10.1. The second-order valence-corrected chi connectivity index (χ2v) is 5.08. The Bertz CT molecular complexity index is 721. The van der Waals surface area contributed by atoms with E-state index in [4.69, 9.17) is 0 Å². The van der Waals surface area contributed by atoms with Gasteiger partial charge in [0.25, 0.3) is 5.91 Å². The molecule has 0 radical (unpaired) electrons. The van der Waals surface area contributed by atoms with Gasteiger partial charge in [-0.3, -0.25) is 9.89 Å². The summed E-state index contributed by atoms with van der Waals surface area (Å²) in [5, 5.41) is 15.9. The van der Waals surface area contributed by atoms with Crippen molar-refractivity contribution in [1.82, 2.24) is 10.2 Å². The molecule has 2 heterocycles. The number of nitrogens with one attached hydrogen (secondary N) is 1. The number of H-pyrrole nitrogens is 1. The Kier molecular flexibility index (Phi) is 3.21. The lowest BCUT2D eigenvalue weighted by Crippen LogP contribution is -2.36. The van der Waals surface area contributed by atoms with E-state index in [2.05, 4.69) is 10.2 Å². The zero-order chi connectivity index (χ0) is 15.0. The van der Waals surface area contributed by atoms with Gasteiger partial charge in [0, 0.05) is 17.9 Å². The van der Waals surface area contributed by atoms with E-state index in [1.807, 2.05) is 0 Å². The third-order valence-electron chi connectivity index (χ3n) is 3.79. The van der Waals surface area contributed by atoms with Crippen LogP contribution in [-0.4, -0.2) is 33.7 Å². The Morgan fingerprint density at radius 3 is 2.81 bits per heavy atom. The molecule has 0 saturated carbocycles. The molecule has 108 valence electrons. The smallest absolute Gasteiger partial charge is 0.336 e. The SMILES string of the molecule is Cc1[nH]ncc1C(=O)N1CCCc2c(C(=O)O)cccc21. The zero-order valence-corrected chi connectivity index (χ0v) is 11.6. The molecule has 0 saturated heterocycles. The predicted octanol–water partition coefficient (Wildman–Crippen LogP) is 2.01. The summed E-state index contributed by atoms with van der Waals surface area (Å²) in [5.74, 6) is -1.11. The van der Waals surface area contributed by atoms with Crippen molar-refractivity contribution in [2.45, 2.75) is 19.8 Å². The number of aromatic carboxylic acids is 1. The largest absolute Gasteiger partial charge is 0.478 e. The summed E-state index contributed by atoms with van der Waals surface area (Å²) in [5.41, 5.74) is 2.91. The van der Waals surface area contributed by atoms with E-state index in [0.29, 0.717) is 29.9 Å². The van der Waals surface area contributed by atoms with Crippen molar-refractivity contribution in [3.05, 3.63) is 46.8 Å². The van der Waals surface area contributed by atoms with Crippen molar-refractivity contribution in [2.24, 2.45) is 0 Å². The lowest BCUT2D eigenvalue weighted by molar-refractivity contribution is 0.0695. The number of aryl methyl sites for hydroxylation is 1. The van der Waals surface area contributed by atoms with Gasteiger partial charge in [-0.15, -0.1) is 0 Å². The van der Waals surface area contributed by atoms with Gasteiger partial charge >= 0.3 is 5.97 Å². The highest BCUT2D eigenvalue weighted by Gasteiger charge is 2.27. The number of hydrogen-bond donors (Lipinski definition) is 2. The van der Waals surface area contributed by atoms with Crippen LogP contribution in [0.5, 0.6) is 0 Å². The molecule has 1 aliphatic rings. The number of benzene rings is 1. The van der Waals surface area contributed by atoms with Crippen LogP contribution < -0.4 is 4.90 Å². The number of nitrogens with zero attached hydrogens (tertiary/aromatic N) is 2. The third-order valence-corrected chi connectivity index (χ3v) is 3.79. The monoisotopic (exact) mass is 285 g/mol. The number of aromatic nitrogens is 2. The van der Waals surface area contributed by atoms with Crippen molar-refractivity contribution in [3.63, 3.8) is 0 Å². The number of fused-ring (bicyclic) bond motifs is 1. The van der Waals surface area contributed by atoms with E-state index in [1.54, 1.807) is 30.0 Å². The molecule has 0 fully saturated rings. The van der Waals surface area contributed by atoms with Crippen molar-refractivity contribution < 1.29 is 14.7 Å². The van der Waals surface area contributed by atoms with Crippen LogP contribution in [0.15, 0.2) is 24.4 Å². The maximum atomic E-state index is 12.6. The molecule has 21 heavy (non-hydrogen) atoms. The average molecular weight is 285 g/mol. The summed E-state index contributed by atoms with van der Waals surface area (Å²) in [6.45, 7) is 2.37. The minimum Gasteiger partial charge on any atom is -0.478 e. The van der Waals surface area contributed by atoms with Crippen LogP contribution in [0.3, 0.4) is 0 Å². The Balaban J connectivity index is 2.05. The molecule has 1 aromatic heterocycles. The summed E-state index contributed by atoms with van der Waals surface area (Å²) < 4.78 is 0. The van der Waals surface area contributed by atoms with Gasteiger partial charge in [0.2, 0.25) is 0 Å². The maximum absolute atomic E-state index is 12.6. The predicted molar refractivity (Wildman–Crippen MR) is 76.7 cm³/mol. The first kappa shape index (κ1) is 13.4. The van der Waals surface area contributed by atoms with Gasteiger partial charge in [-0.2, -0.15) is 5.10 Å². The molecule has 0 bridgehead atoms. The van der Waals surface area contributed by atoms with E-state index in [1.165, 1.54) is 6.20 Å². The first-order valence-electron chi connectivity index (χ1n) is 6.76. The quantitative estimate of drug-likeness (QED) is 0.883. The van der Waals surface area contributed by atoms with Crippen LogP contribution >= 0.6 is 0 Å². The molecule has 3 rings (SSSR count). The number of carboxylic acids is 1. The number of carbonyl (C=O) groups excluding carboxylic acids is 1. The molecule has 0 unspecified atom stereocenters. The first-order valence-corrected chi connectivity index (χ1v) is 6.76. The van der Waals surface area contributed by atoms with Crippen LogP contribution in [-0.2, 0) is 6.42 Å². The lowest BCUT2D eigenvalue weighted by atomic mass is 9.95. The minimum absolute atomic E-state index is 0.148. The maximum Gasteiger partial charge on any atom is 0.336 e. The molecule has 2 aromatic rings. The number of hydrogen-bond acceptors (Lipinski definition) is 3. The summed E-state index contributed by atoms with van der Waals surface area (Å²) in [6, 6.07) is 5.06. The van der Waals surface area contributed by atoms with Gasteiger partial charge in [0.05, 0.1) is 17.3 Å². The van der Waals surface area contributed by atoms with Crippen LogP contribution in [0, 0.1) is 6.92 Å². The van der Waals surface area contributed by atoms with Gasteiger partial charge in [0.1, 0.15) is 0 Å². The van der Waals surface area contributed by atoms with Crippen LogP contribution in [0.4, 0.5) is 5.69 Å². The molecule has 0 spiro atoms. The van der Waals surface area contributed by atoms with E-state index < -0.39 is 5.97 Å². The summed E-state index contributed by atoms with van der Waals surface area (Å²) >= 11 is 0. The molecule has 1 amide bonds. The fraction of sp³-hybridized carbons (Fsp3) is 0.267. The Morgan fingerprint density at radius 2 is 2.14 bits per heavy atom. The van der Waals surface area contributed by atoms with Gasteiger partial charge in [-0.25, -0.2) is 4.79 Å². The second kappa shape index (κ2) is 5.05. The molecular weight excluding hydrogens is 270 g/mol. The molecule has 1 aliphatic heterocycles. The average Bonchev–Trinajstić information content (AvgIpc) is 2.91. The molecule has 2 N–H and O–H groups in total. The normalized spacial score (nSPS) is 13.9. The van der Waals surface area contributed by atoms with Gasteiger partial charge < -0.3 is 10.0 Å². The summed E-state index contributed by atoms with van der Waals surface area (Å²) in [7, 11) is 0. The Morgan fingerprint density at radius 1 is 1.33 bits per heavy atom. The Hall–Kier alpha value is -2.63. The Labute approximate surface area is 121 Å². The van der Waals surface area contributed by atoms with Crippen LogP contribution in [0.25, 0.3) is 0 Å². The molecule has 6 nitrogen and oxygen atoms in total. The van der Waals surface area contributed by atoms with Crippen molar-refractivity contribution in [2.75, 3.05) is 11.4 Å². The molecule has 6 heteroatoms. The minimum atomic E-state index is -0.958. The topological polar surface area (TPSA) is 86.3 Å². The van der Waals surface area contributed by atoms with E-state index >= 15 is 0 Å². The summed E-state index contributed by atoms with van der Waals surface area (Å²) in [4.78, 5) is 25.6. The van der Waals surface area contributed by atoms with E-state index in [-0.39, 0.29) is 11.5 Å². The molecular formula is C15H15N3O3. The van der Waals surface area contributed by atoms with Crippen molar-refractivity contribution in [3.8, 4) is 0 Å². The highest BCUT2D eigenvalue weighted by Crippen LogP contribution is 2.31. The second-order valence-electron chi connectivity index (χ2n) is 5.08. The van der Waals surface area contributed by atoms with Crippen LogP contribution in [0.2, 0.25) is 0 Å². The third kappa shape index (κ3) is 2.18. The van der Waals surface area contributed by atoms with Gasteiger partial charge in [-0.1, -0.05) is 6.07 Å². The summed E-state index contributed by atoms with van der Waals surface area (Å²) in [6.07, 6.45) is 2.93. The fourth-order valence-electron chi connectivity index (χ4n) is 2.75. The van der Waals surface area contributed by atoms with Crippen molar-refractivity contribution >= 4 is 17.6 Å². The number of amides is 1. The van der Waals surface area contributed by atoms with Gasteiger partial charge in [-0.05, 0) is 37.5 Å². The van der Waals surface area contributed by atoms with E-state index in [0.717, 1.165) is 12.0 Å². The molecule has 0 aliphatic carbocycles. The van der Waals surface area contributed by atoms with Gasteiger partial charge in [0.15, 0.2) is 0 Å². The van der Waals surface area contributed by atoms with Crippen LogP contribution in [0.1, 0.15) is 38.4 Å². The zero-order valence-electron chi connectivity index (χ0n) is 11.6. The lowest BCUT2D eigenvalue weighted by Gasteiger charge is -2.30. The number of aromatic amines is 1. The highest BCUT2D eigenvalue weighted by atomic mass is 16.4. The molecule has 1 aromatic carbocycles. The van der Waals surface area contributed by atoms with E-state index in [9.17, 15) is 14.7 Å².